The molecule has 82 valence electrons. The minimum Gasteiger partial charge on any atom is -0.345 e. The first-order valence-electron chi connectivity index (χ1n) is 5.02. The monoisotopic (exact) mass is 319 g/mol. The van der Waals surface area contributed by atoms with Crippen LogP contribution in [0.5, 0.6) is 0 Å². The zero-order valence-corrected chi connectivity index (χ0v) is 11.0. The zero-order chi connectivity index (χ0) is 11.1. The summed E-state index contributed by atoms with van der Waals surface area (Å²) in [7, 11) is 1.82. The van der Waals surface area contributed by atoms with Crippen LogP contribution >= 0.6 is 22.6 Å². The average molecular weight is 319 g/mol. The smallest absolute Gasteiger partial charge is 0.273 e. The number of hydrogen-bond donors (Lipinski definition) is 1. The summed E-state index contributed by atoms with van der Waals surface area (Å²) in [5.41, 5.74) is 0.531. The number of hydrogen-bond acceptors (Lipinski definition) is 2. The summed E-state index contributed by atoms with van der Waals surface area (Å²) in [6.07, 6.45) is 5.19. The van der Waals surface area contributed by atoms with Gasteiger partial charge < -0.3 is 5.32 Å². The number of rotatable bonds is 2. The molecule has 1 amide bonds. The van der Waals surface area contributed by atoms with Crippen LogP contribution < -0.4 is 5.32 Å². The Morgan fingerprint density at radius 1 is 1.67 bits per heavy atom. The highest BCUT2D eigenvalue weighted by molar-refractivity contribution is 14.1. The van der Waals surface area contributed by atoms with Crippen molar-refractivity contribution in [2.45, 2.75) is 31.7 Å². The van der Waals surface area contributed by atoms with Crippen molar-refractivity contribution in [3.8, 4) is 0 Å². The largest absolute Gasteiger partial charge is 0.345 e. The van der Waals surface area contributed by atoms with Crippen molar-refractivity contribution in [3.05, 3.63) is 15.5 Å². The van der Waals surface area contributed by atoms with Gasteiger partial charge in [0.1, 0.15) is 0 Å². The van der Waals surface area contributed by atoms with Gasteiger partial charge in [0.05, 0.1) is 3.57 Å². The van der Waals surface area contributed by atoms with Crippen LogP contribution in [0.15, 0.2) is 6.20 Å². The van der Waals surface area contributed by atoms with Gasteiger partial charge in [-0.2, -0.15) is 5.10 Å². The van der Waals surface area contributed by atoms with Crippen LogP contribution in [0.25, 0.3) is 0 Å². The molecular formula is C10H14IN3O. The van der Waals surface area contributed by atoms with Gasteiger partial charge in [-0.3, -0.25) is 9.48 Å². The van der Waals surface area contributed by atoms with Gasteiger partial charge in [0, 0.05) is 18.8 Å². The van der Waals surface area contributed by atoms with Gasteiger partial charge in [0.25, 0.3) is 5.91 Å². The van der Waals surface area contributed by atoms with E-state index in [1.807, 2.05) is 13.2 Å². The van der Waals surface area contributed by atoms with Gasteiger partial charge in [0.2, 0.25) is 0 Å². The number of carbonyl (C=O) groups excluding carboxylic acids is 1. The Morgan fingerprint density at radius 3 is 2.73 bits per heavy atom. The third-order valence-corrected chi connectivity index (χ3v) is 3.66. The normalized spacial score (nSPS) is 18.3. The Balaban J connectivity index is 2.11. The summed E-state index contributed by atoms with van der Waals surface area (Å²) in [5.74, 6) is -0.0535. The minimum absolute atomic E-state index is 0.00230. The Hall–Kier alpha value is -0.590. The molecule has 0 unspecified atom stereocenters. The molecule has 0 saturated heterocycles. The van der Waals surface area contributed by atoms with Crippen LogP contribution in [0.4, 0.5) is 0 Å². The van der Waals surface area contributed by atoms with E-state index in [0.717, 1.165) is 16.4 Å². The Morgan fingerprint density at radius 2 is 2.33 bits per heavy atom. The first-order valence-corrected chi connectivity index (χ1v) is 6.10. The van der Waals surface area contributed by atoms with Crippen LogP contribution in [0.2, 0.25) is 0 Å². The lowest BCUT2D eigenvalue weighted by Crippen LogP contribution is -2.51. The fourth-order valence-electron chi connectivity index (χ4n) is 1.78. The number of nitrogens with one attached hydrogen (secondary N) is 1. The maximum atomic E-state index is 11.9. The molecule has 5 heteroatoms. The van der Waals surface area contributed by atoms with E-state index in [4.69, 9.17) is 0 Å². The highest BCUT2D eigenvalue weighted by Gasteiger charge is 2.34. The van der Waals surface area contributed by atoms with Crippen LogP contribution in [0.1, 0.15) is 36.7 Å². The van der Waals surface area contributed by atoms with E-state index in [0.29, 0.717) is 5.69 Å². The first kappa shape index (κ1) is 10.9. The van der Waals surface area contributed by atoms with Gasteiger partial charge >= 0.3 is 0 Å². The molecule has 15 heavy (non-hydrogen) atoms. The molecule has 1 heterocycles. The molecule has 1 N–H and O–H groups in total. The van der Waals surface area contributed by atoms with Gasteiger partial charge in [0.15, 0.2) is 5.69 Å². The summed E-state index contributed by atoms with van der Waals surface area (Å²) >= 11 is 2.13. The zero-order valence-electron chi connectivity index (χ0n) is 8.88. The molecule has 0 aliphatic heterocycles. The molecule has 0 aromatic carbocycles. The second-order valence-electron chi connectivity index (χ2n) is 4.37. The van der Waals surface area contributed by atoms with Crippen molar-refractivity contribution in [1.29, 1.82) is 0 Å². The maximum Gasteiger partial charge on any atom is 0.273 e. The second-order valence-corrected chi connectivity index (χ2v) is 5.53. The van der Waals surface area contributed by atoms with E-state index < -0.39 is 0 Å². The predicted molar refractivity (Wildman–Crippen MR) is 65.6 cm³/mol. The number of aromatic nitrogens is 2. The first-order chi connectivity index (χ1) is 7.00. The lowest BCUT2D eigenvalue weighted by Gasteiger charge is -2.38. The highest BCUT2D eigenvalue weighted by Crippen LogP contribution is 2.31. The van der Waals surface area contributed by atoms with Crippen LogP contribution in [0.3, 0.4) is 0 Å². The Kier molecular flexibility index (Phi) is 2.74. The molecule has 1 aromatic rings. The minimum atomic E-state index is -0.0535. The molecule has 0 atom stereocenters. The molecule has 4 nitrogen and oxygen atoms in total. The molecular weight excluding hydrogens is 305 g/mol. The molecule has 2 rings (SSSR count). The summed E-state index contributed by atoms with van der Waals surface area (Å²) < 4.78 is 2.57. The Bertz CT molecular complexity index is 395. The van der Waals surface area contributed by atoms with E-state index >= 15 is 0 Å². The number of nitrogens with zero attached hydrogens (tertiary/aromatic N) is 2. The number of halogens is 1. The molecule has 0 radical (unpaired) electrons. The summed E-state index contributed by atoms with van der Waals surface area (Å²) in [6, 6.07) is 0. The fourth-order valence-corrected chi connectivity index (χ4v) is 2.53. The van der Waals surface area contributed by atoms with Crippen LogP contribution in [0, 0.1) is 3.57 Å². The van der Waals surface area contributed by atoms with Crippen LogP contribution in [-0.2, 0) is 7.05 Å². The van der Waals surface area contributed by atoms with E-state index in [1.165, 1.54) is 6.42 Å². The lowest BCUT2D eigenvalue weighted by atomic mass is 9.78. The predicted octanol–water partition coefficient (Wildman–Crippen LogP) is 1.70. The number of carbonyl (C=O) groups is 1. The SMILES string of the molecule is Cn1cc(I)c(C(=O)NC2(C)CCC2)n1. The number of aryl methyl sites for hydroxylation is 1. The third kappa shape index (κ3) is 2.16. The average Bonchev–Trinajstić information content (AvgIpc) is 2.42. The fraction of sp³-hybridized carbons (Fsp3) is 0.600. The topological polar surface area (TPSA) is 46.9 Å². The van der Waals surface area contributed by atoms with Gasteiger partial charge in [-0.05, 0) is 48.8 Å². The lowest BCUT2D eigenvalue weighted by molar-refractivity contribution is 0.0843. The van der Waals surface area contributed by atoms with Crippen LogP contribution in [-0.4, -0.2) is 21.2 Å². The molecule has 1 aliphatic carbocycles. The number of amides is 1. The molecule has 1 aliphatic rings. The van der Waals surface area contributed by atoms with Crippen molar-refractivity contribution < 1.29 is 4.79 Å². The quantitative estimate of drug-likeness (QED) is 0.844. The molecule has 0 bridgehead atoms. The molecule has 1 saturated carbocycles. The van der Waals surface area contributed by atoms with Crippen molar-refractivity contribution >= 4 is 28.5 Å². The van der Waals surface area contributed by atoms with E-state index in [1.54, 1.807) is 4.68 Å². The van der Waals surface area contributed by atoms with E-state index in [9.17, 15) is 4.79 Å². The summed E-state index contributed by atoms with van der Waals surface area (Å²) in [4.78, 5) is 11.9. The van der Waals surface area contributed by atoms with Crippen molar-refractivity contribution in [2.75, 3.05) is 0 Å². The van der Waals surface area contributed by atoms with Crippen molar-refractivity contribution in [3.63, 3.8) is 0 Å². The maximum absolute atomic E-state index is 11.9. The standard InChI is InChI=1S/C10H14IN3O/c1-10(4-3-5-10)12-9(15)8-7(11)6-14(2)13-8/h6H,3-5H2,1-2H3,(H,12,15). The van der Waals surface area contributed by atoms with E-state index in [-0.39, 0.29) is 11.4 Å². The van der Waals surface area contributed by atoms with Crippen molar-refractivity contribution in [2.24, 2.45) is 7.05 Å². The van der Waals surface area contributed by atoms with Gasteiger partial charge in [-0.1, -0.05) is 0 Å². The van der Waals surface area contributed by atoms with E-state index in [2.05, 4.69) is 39.9 Å². The Labute approximate surface area is 103 Å². The third-order valence-electron chi connectivity index (χ3n) is 2.87. The van der Waals surface area contributed by atoms with Crippen molar-refractivity contribution in [1.82, 2.24) is 15.1 Å². The second kappa shape index (κ2) is 3.77. The molecule has 0 spiro atoms. The highest BCUT2D eigenvalue weighted by atomic mass is 127. The molecule has 1 aromatic heterocycles. The summed E-state index contributed by atoms with van der Waals surface area (Å²) in [6.45, 7) is 2.09. The van der Waals surface area contributed by atoms with Gasteiger partial charge in [-0.15, -0.1) is 0 Å². The molecule has 1 fully saturated rings. The van der Waals surface area contributed by atoms with Gasteiger partial charge in [-0.25, -0.2) is 0 Å². The summed E-state index contributed by atoms with van der Waals surface area (Å²) in [5, 5.41) is 7.19.